The summed E-state index contributed by atoms with van der Waals surface area (Å²) in [6.07, 6.45) is 2.67. The van der Waals surface area contributed by atoms with Crippen LogP contribution in [-0.2, 0) is 4.79 Å². The maximum atomic E-state index is 10.2. The predicted molar refractivity (Wildman–Crippen MR) is 34.9 cm³/mol. The summed E-state index contributed by atoms with van der Waals surface area (Å²) < 4.78 is 0. The van der Waals surface area contributed by atoms with Gasteiger partial charge in [0.1, 0.15) is 0 Å². The van der Waals surface area contributed by atoms with E-state index in [-0.39, 0.29) is 5.24 Å². The van der Waals surface area contributed by atoms with Crippen LogP contribution in [0.3, 0.4) is 0 Å². The van der Waals surface area contributed by atoms with Crippen LogP contribution in [0.2, 0.25) is 0 Å². The summed E-state index contributed by atoms with van der Waals surface area (Å²) in [5.74, 6) is 0. The van der Waals surface area contributed by atoms with Crippen molar-refractivity contribution >= 4 is 16.8 Å². The molecular formula is C6H9ClO. The van der Waals surface area contributed by atoms with E-state index in [4.69, 9.17) is 11.6 Å². The highest BCUT2D eigenvalue weighted by atomic mass is 35.5. The Hall–Kier alpha value is -0.300. The van der Waals surface area contributed by atoms with Gasteiger partial charge in [0.25, 0.3) is 0 Å². The zero-order chi connectivity index (χ0) is 6.57. The molecule has 0 atom stereocenters. The smallest absolute Gasteiger partial charge is 0.247 e. The van der Waals surface area contributed by atoms with E-state index in [1.54, 1.807) is 13.0 Å². The molecule has 0 unspecified atom stereocenters. The first kappa shape index (κ1) is 7.70. The summed E-state index contributed by atoms with van der Waals surface area (Å²) in [7, 11) is 0. The molecular weight excluding hydrogens is 124 g/mol. The maximum Gasteiger partial charge on any atom is 0.247 e. The highest BCUT2D eigenvalue weighted by Gasteiger charge is 1.94. The average Bonchev–Trinajstić information content (AvgIpc) is 1.67. The molecule has 0 heterocycles. The van der Waals surface area contributed by atoms with Gasteiger partial charge in [-0.3, -0.25) is 4.79 Å². The first-order valence-electron chi connectivity index (χ1n) is 2.55. The lowest BCUT2D eigenvalue weighted by molar-refractivity contribution is -0.108. The largest absolute Gasteiger partial charge is 0.276 e. The highest BCUT2D eigenvalue weighted by Crippen LogP contribution is 1.98. The van der Waals surface area contributed by atoms with E-state index in [0.29, 0.717) is 5.57 Å². The molecule has 0 saturated heterocycles. The zero-order valence-electron chi connectivity index (χ0n) is 5.07. The molecule has 0 aliphatic heterocycles. The minimum Gasteiger partial charge on any atom is -0.276 e. The second-order valence-corrected chi connectivity index (χ2v) is 1.91. The summed E-state index contributed by atoms with van der Waals surface area (Å²) in [6.45, 7) is 3.67. The van der Waals surface area contributed by atoms with Crippen molar-refractivity contribution in [2.45, 2.75) is 20.3 Å². The first-order valence-corrected chi connectivity index (χ1v) is 2.93. The number of carbonyl (C=O) groups is 1. The molecule has 0 saturated carbocycles. The van der Waals surface area contributed by atoms with E-state index in [1.807, 2.05) is 6.92 Å². The summed E-state index contributed by atoms with van der Waals surface area (Å²) in [5, 5.41) is -0.355. The van der Waals surface area contributed by atoms with Crippen molar-refractivity contribution in [3.63, 3.8) is 0 Å². The third-order valence-corrected chi connectivity index (χ3v) is 1.12. The van der Waals surface area contributed by atoms with E-state index in [9.17, 15) is 4.79 Å². The molecule has 0 aromatic heterocycles. The van der Waals surface area contributed by atoms with Gasteiger partial charge in [0, 0.05) is 5.57 Å². The maximum absolute atomic E-state index is 10.2. The van der Waals surface area contributed by atoms with E-state index < -0.39 is 0 Å². The Morgan fingerprint density at radius 2 is 2.25 bits per heavy atom. The van der Waals surface area contributed by atoms with E-state index in [2.05, 4.69) is 0 Å². The van der Waals surface area contributed by atoms with Crippen LogP contribution < -0.4 is 0 Å². The van der Waals surface area contributed by atoms with Crippen molar-refractivity contribution in [2.24, 2.45) is 0 Å². The third kappa shape index (κ3) is 2.80. The molecule has 0 bridgehead atoms. The Balaban J connectivity index is 3.80. The second kappa shape index (κ2) is 3.67. The van der Waals surface area contributed by atoms with Gasteiger partial charge in [0.2, 0.25) is 5.24 Å². The summed E-state index contributed by atoms with van der Waals surface area (Å²) in [5.41, 5.74) is 0.633. The number of hydrogen-bond acceptors (Lipinski definition) is 1. The Kier molecular flexibility index (Phi) is 3.53. The first-order chi connectivity index (χ1) is 3.68. The van der Waals surface area contributed by atoms with Gasteiger partial charge in [-0.15, -0.1) is 0 Å². The molecule has 0 rings (SSSR count). The number of allylic oxidation sites excluding steroid dienone is 2. The normalized spacial score (nSPS) is 11.6. The predicted octanol–water partition coefficient (Wildman–Crippen LogP) is 2.11. The van der Waals surface area contributed by atoms with Crippen LogP contribution in [0.15, 0.2) is 11.6 Å². The Labute approximate surface area is 54.3 Å². The van der Waals surface area contributed by atoms with Crippen LogP contribution in [0, 0.1) is 0 Å². The van der Waals surface area contributed by atoms with Gasteiger partial charge in [-0.25, -0.2) is 0 Å². The van der Waals surface area contributed by atoms with Crippen LogP contribution in [0.1, 0.15) is 20.3 Å². The van der Waals surface area contributed by atoms with Crippen LogP contribution in [-0.4, -0.2) is 5.24 Å². The number of carbonyl (C=O) groups excluding carboxylic acids is 1. The zero-order valence-corrected chi connectivity index (χ0v) is 5.83. The van der Waals surface area contributed by atoms with Crippen LogP contribution >= 0.6 is 11.6 Å². The molecule has 0 aromatic rings. The summed E-state index contributed by atoms with van der Waals surface area (Å²) in [4.78, 5) is 10.2. The van der Waals surface area contributed by atoms with Gasteiger partial charge >= 0.3 is 0 Å². The van der Waals surface area contributed by atoms with E-state index >= 15 is 0 Å². The lowest BCUT2D eigenvalue weighted by Gasteiger charge is -1.86. The monoisotopic (exact) mass is 132 g/mol. The van der Waals surface area contributed by atoms with Crippen molar-refractivity contribution in [1.82, 2.24) is 0 Å². The number of rotatable bonds is 2. The number of halogens is 1. The van der Waals surface area contributed by atoms with Gasteiger partial charge in [-0.05, 0) is 24.9 Å². The third-order valence-electron chi connectivity index (χ3n) is 0.820. The molecule has 0 fully saturated rings. The standard InChI is InChI=1S/C6H9ClO/c1-3-4-5(2)6(7)8/h4H,3H2,1-2H3. The quantitative estimate of drug-likeness (QED) is 0.416. The van der Waals surface area contributed by atoms with Gasteiger partial charge in [-0.1, -0.05) is 13.0 Å². The molecule has 0 radical (unpaired) electrons. The Morgan fingerprint density at radius 3 is 2.38 bits per heavy atom. The molecule has 0 aromatic carbocycles. The Morgan fingerprint density at radius 1 is 1.75 bits per heavy atom. The van der Waals surface area contributed by atoms with Crippen molar-refractivity contribution in [3.05, 3.63) is 11.6 Å². The van der Waals surface area contributed by atoms with Gasteiger partial charge in [0.05, 0.1) is 0 Å². The van der Waals surface area contributed by atoms with Crippen LogP contribution in [0.4, 0.5) is 0 Å². The molecule has 0 aliphatic rings. The van der Waals surface area contributed by atoms with Crippen molar-refractivity contribution in [1.29, 1.82) is 0 Å². The van der Waals surface area contributed by atoms with Crippen molar-refractivity contribution < 1.29 is 4.79 Å². The van der Waals surface area contributed by atoms with Crippen LogP contribution in [0.5, 0.6) is 0 Å². The lowest BCUT2D eigenvalue weighted by atomic mass is 10.3. The van der Waals surface area contributed by atoms with Crippen molar-refractivity contribution in [2.75, 3.05) is 0 Å². The molecule has 8 heavy (non-hydrogen) atoms. The molecule has 0 aliphatic carbocycles. The molecule has 1 nitrogen and oxygen atoms in total. The van der Waals surface area contributed by atoms with Crippen molar-refractivity contribution in [3.8, 4) is 0 Å². The minimum atomic E-state index is -0.355. The molecule has 0 N–H and O–H groups in total. The van der Waals surface area contributed by atoms with Crippen LogP contribution in [0.25, 0.3) is 0 Å². The highest BCUT2D eigenvalue weighted by molar-refractivity contribution is 6.67. The molecule has 46 valence electrons. The van der Waals surface area contributed by atoms with Gasteiger partial charge in [-0.2, -0.15) is 0 Å². The molecule has 0 spiro atoms. The Bertz CT molecular complexity index is 116. The molecule has 0 amide bonds. The fourth-order valence-corrected chi connectivity index (χ4v) is 0.464. The second-order valence-electron chi connectivity index (χ2n) is 1.57. The molecule has 2 heteroatoms. The average molecular weight is 133 g/mol. The van der Waals surface area contributed by atoms with E-state index in [1.165, 1.54) is 0 Å². The van der Waals surface area contributed by atoms with E-state index in [0.717, 1.165) is 6.42 Å². The fraction of sp³-hybridized carbons (Fsp3) is 0.500. The lowest BCUT2D eigenvalue weighted by Crippen LogP contribution is -1.85. The van der Waals surface area contributed by atoms with Gasteiger partial charge < -0.3 is 0 Å². The minimum absolute atomic E-state index is 0.355. The summed E-state index contributed by atoms with van der Waals surface area (Å²) >= 11 is 5.10. The number of hydrogen-bond donors (Lipinski definition) is 0. The van der Waals surface area contributed by atoms with Gasteiger partial charge in [0.15, 0.2) is 0 Å². The fourth-order valence-electron chi connectivity index (χ4n) is 0.386. The summed E-state index contributed by atoms with van der Waals surface area (Å²) in [6, 6.07) is 0. The topological polar surface area (TPSA) is 17.1 Å². The SMILES string of the molecule is CCC=C(C)C(=O)Cl.